The Kier molecular flexibility index (Phi) is 3.20. The van der Waals surface area contributed by atoms with Gasteiger partial charge in [-0.25, -0.2) is 0 Å². The van der Waals surface area contributed by atoms with Crippen molar-refractivity contribution in [3.05, 3.63) is 17.0 Å². The number of nitrogens with zero attached hydrogens (tertiary/aromatic N) is 6. The van der Waals surface area contributed by atoms with Gasteiger partial charge in [-0.1, -0.05) is 20.8 Å². The van der Waals surface area contributed by atoms with E-state index in [1.807, 2.05) is 0 Å². The lowest BCUT2D eigenvalue weighted by Gasteiger charge is -2.12. The van der Waals surface area contributed by atoms with Gasteiger partial charge in [0.1, 0.15) is 0 Å². The monoisotopic (exact) mass is 288 g/mol. The molecular formula is C15H24N6. The van der Waals surface area contributed by atoms with Crippen LogP contribution in [0.15, 0.2) is 0 Å². The molecule has 3 fully saturated rings. The number of hydrogen-bond acceptors (Lipinski definition) is 6. The van der Waals surface area contributed by atoms with Gasteiger partial charge >= 0.3 is 0 Å². The Balaban J connectivity index is 1.69. The number of hydrogen-bond donors (Lipinski definition) is 0. The van der Waals surface area contributed by atoms with Crippen LogP contribution in [-0.2, 0) is 0 Å². The van der Waals surface area contributed by atoms with Gasteiger partial charge < -0.3 is 0 Å². The van der Waals surface area contributed by atoms with Gasteiger partial charge in [0.25, 0.3) is 0 Å². The molecule has 0 aliphatic carbocycles. The SMILES string of the molecule is CCN1CC1c1nnnc(C2CN2CC)c1C1CN1CC. The van der Waals surface area contributed by atoms with E-state index in [1.165, 1.54) is 17.0 Å². The molecule has 3 saturated heterocycles. The van der Waals surface area contributed by atoms with Crippen LogP contribution in [-0.4, -0.2) is 69.4 Å². The molecule has 4 rings (SSSR count). The summed E-state index contributed by atoms with van der Waals surface area (Å²) in [4.78, 5) is 7.38. The number of rotatable bonds is 6. The molecule has 6 atom stereocenters. The van der Waals surface area contributed by atoms with E-state index < -0.39 is 0 Å². The Morgan fingerprint density at radius 3 is 1.57 bits per heavy atom. The van der Waals surface area contributed by atoms with Crippen molar-refractivity contribution >= 4 is 0 Å². The van der Waals surface area contributed by atoms with E-state index in [1.54, 1.807) is 0 Å². The van der Waals surface area contributed by atoms with Crippen LogP contribution in [0, 0.1) is 0 Å². The summed E-state index contributed by atoms with van der Waals surface area (Å²) in [5.74, 6) is 0. The van der Waals surface area contributed by atoms with Gasteiger partial charge in [0.05, 0.1) is 29.5 Å². The third-order valence-corrected chi connectivity index (χ3v) is 5.18. The highest BCUT2D eigenvalue weighted by molar-refractivity contribution is 5.39. The summed E-state index contributed by atoms with van der Waals surface area (Å²) >= 11 is 0. The van der Waals surface area contributed by atoms with Gasteiger partial charge in [0.15, 0.2) is 0 Å². The van der Waals surface area contributed by atoms with E-state index in [9.17, 15) is 0 Å². The Morgan fingerprint density at radius 1 is 0.762 bits per heavy atom. The van der Waals surface area contributed by atoms with Crippen LogP contribution < -0.4 is 0 Å². The molecule has 3 aliphatic rings. The zero-order valence-corrected chi connectivity index (χ0v) is 13.2. The molecule has 0 bridgehead atoms. The third-order valence-electron chi connectivity index (χ3n) is 5.18. The maximum atomic E-state index is 4.44. The highest BCUT2D eigenvalue weighted by Crippen LogP contribution is 2.47. The Hall–Kier alpha value is -1.11. The van der Waals surface area contributed by atoms with Gasteiger partial charge in [0, 0.05) is 25.2 Å². The summed E-state index contributed by atoms with van der Waals surface area (Å²) in [6.07, 6.45) is 0. The Morgan fingerprint density at radius 2 is 1.19 bits per heavy atom. The summed E-state index contributed by atoms with van der Waals surface area (Å²) in [7, 11) is 0. The molecule has 0 spiro atoms. The van der Waals surface area contributed by atoms with E-state index in [0.717, 1.165) is 39.3 Å². The zero-order valence-electron chi connectivity index (χ0n) is 13.2. The molecule has 1 aromatic rings. The molecule has 6 unspecified atom stereocenters. The summed E-state index contributed by atoms with van der Waals surface area (Å²) in [5.41, 5.74) is 3.80. The van der Waals surface area contributed by atoms with Crippen molar-refractivity contribution in [1.29, 1.82) is 0 Å². The molecule has 21 heavy (non-hydrogen) atoms. The first-order valence-electron chi connectivity index (χ1n) is 8.23. The third kappa shape index (κ3) is 2.25. The average Bonchev–Trinajstić information content (AvgIpc) is 3.38. The fourth-order valence-corrected chi connectivity index (χ4v) is 3.56. The lowest BCUT2D eigenvalue weighted by atomic mass is 10.0. The molecule has 3 aliphatic heterocycles. The molecule has 0 N–H and O–H groups in total. The normalized spacial score (nSPS) is 40.1. The van der Waals surface area contributed by atoms with Crippen molar-refractivity contribution in [2.45, 2.75) is 38.9 Å². The van der Waals surface area contributed by atoms with Gasteiger partial charge in [-0.05, 0) is 24.8 Å². The van der Waals surface area contributed by atoms with Crippen molar-refractivity contribution in [2.24, 2.45) is 0 Å². The number of likely N-dealkylation sites (N-methyl/N-ethyl adjacent to an activating group) is 3. The lowest BCUT2D eigenvalue weighted by molar-refractivity contribution is 0.499. The van der Waals surface area contributed by atoms with Crippen LogP contribution in [0.1, 0.15) is 55.8 Å². The average molecular weight is 288 g/mol. The van der Waals surface area contributed by atoms with E-state index >= 15 is 0 Å². The Bertz CT molecular complexity index is 511. The van der Waals surface area contributed by atoms with E-state index in [-0.39, 0.29) is 0 Å². The van der Waals surface area contributed by atoms with Crippen molar-refractivity contribution < 1.29 is 0 Å². The van der Waals surface area contributed by atoms with Gasteiger partial charge in [-0.3, -0.25) is 14.7 Å². The smallest absolute Gasteiger partial charge is 0.0901 e. The molecule has 0 radical (unpaired) electrons. The molecule has 0 aromatic carbocycles. The zero-order chi connectivity index (χ0) is 14.6. The van der Waals surface area contributed by atoms with Crippen LogP contribution in [0.4, 0.5) is 0 Å². The van der Waals surface area contributed by atoms with Crippen molar-refractivity contribution in [3.63, 3.8) is 0 Å². The summed E-state index contributed by atoms with van der Waals surface area (Å²) in [6, 6.07) is 1.49. The first kappa shape index (κ1) is 13.5. The first-order valence-corrected chi connectivity index (χ1v) is 8.23. The summed E-state index contributed by atoms with van der Waals surface area (Å²) in [5, 5.41) is 13.0. The summed E-state index contributed by atoms with van der Waals surface area (Å²) in [6.45, 7) is 13.4. The first-order chi connectivity index (χ1) is 10.3. The largest absolute Gasteiger partial charge is 0.293 e. The quantitative estimate of drug-likeness (QED) is 0.728. The maximum Gasteiger partial charge on any atom is 0.0901 e. The molecule has 0 saturated carbocycles. The molecule has 4 heterocycles. The second-order valence-corrected chi connectivity index (χ2v) is 6.28. The fraction of sp³-hybridized carbons (Fsp3) is 0.800. The van der Waals surface area contributed by atoms with E-state index in [2.05, 4.69) is 50.9 Å². The van der Waals surface area contributed by atoms with Crippen molar-refractivity contribution in [1.82, 2.24) is 30.1 Å². The van der Waals surface area contributed by atoms with Crippen molar-refractivity contribution in [2.75, 3.05) is 39.3 Å². The van der Waals surface area contributed by atoms with E-state index in [0.29, 0.717) is 18.1 Å². The molecule has 0 amide bonds. The highest BCUT2D eigenvalue weighted by atomic mass is 15.4. The maximum absolute atomic E-state index is 4.44. The predicted molar refractivity (Wildman–Crippen MR) is 79.8 cm³/mol. The molecule has 6 nitrogen and oxygen atoms in total. The fourth-order valence-electron chi connectivity index (χ4n) is 3.56. The minimum Gasteiger partial charge on any atom is -0.293 e. The Labute approximate surface area is 126 Å². The predicted octanol–water partition coefficient (Wildman–Crippen LogP) is 1.00. The van der Waals surface area contributed by atoms with Gasteiger partial charge in [-0.15, -0.1) is 10.2 Å². The molecule has 114 valence electrons. The van der Waals surface area contributed by atoms with Crippen LogP contribution in [0.5, 0.6) is 0 Å². The van der Waals surface area contributed by atoms with E-state index in [4.69, 9.17) is 0 Å². The molecule has 6 heteroatoms. The second-order valence-electron chi connectivity index (χ2n) is 6.28. The summed E-state index contributed by atoms with van der Waals surface area (Å²) < 4.78 is 0. The molecule has 1 aromatic heterocycles. The highest BCUT2D eigenvalue weighted by Gasteiger charge is 2.48. The van der Waals surface area contributed by atoms with Crippen LogP contribution in [0.2, 0.25) is 0 Å². The minimum absolute atomic E-state index is 0.479. The second kappa shape index (κ2) is 4.97. The van der Waals surface area contributed by atoms with Crippen molar-refractivity contribution in [3.8, 4) is 0 Å². The topological polar surface area (TPSA) is 47.7 Å². The van der Waals surface area contributed by atoms with Gasteiger partial charge in [-0.2, -0.15) is 0 Å². The van der Waals surface area contributed by atoms with Crippen LogP contribution in [0.3, 0.4) is 0 Å². The van der Waals surface area contributed by atoms with Gasteiger partial charge in [0.2, 0.25) is 0 Å². The molecular weight excluding hydrogens is 264 g/mol. The van der Waals surface area contributed by atoms with Crippen LogP contribution >= 0.6 is 0 Å². The number of aromatic nitrogens is 3. The standard InChI is InChI=1S/C15H24N6/c1-4-19-7-10(19)13-14(11-8-20(11)5-2)16-18-17-15(13)12-9-21(12)6-3/h10-12H,4-9H2,1-3H3. The van der Waals surface area contributed by atoms with Crippen LogP contribution in [0.25, 0.3) is 0 Å². The lowest BCUT2D eigenvalue weighted by Crippen LogP contribution is -2.12. The minimum atomic E-state index is 0.479.